The molecule has 2 aromatic rings. The molecule has 0 aliphatic rings. The Morgan fingerprint density at radius 1 is 1.16 bits per heavy atom. The van der Waals surface area contributed by atoms with Crippen LogP contribution in [0.2, 0.25) is 0 Å². The minimum absolute atomic E-state index is 0.0417. The van der Waals surface area contributed by atoms with E-state index < -0.39 is 0 Å². The Kier molecular flexibility index (Phi) is 3.95. The van der Waals surface area contributed by atoms with Crippen molar-refractivity contribution in [3.63, 3.8) is 0 Å². The molecule has 0 aliphatic carbocycles. The molecule has 0 aliphatic heterocycles. The standard InChI is InChI=1S/C16H16FNO/c1-11-7-8-12(2)15(9-11)18-16(19)10-13-5-3-4-6-14(13)17/h3-9H,10H2,1-2H3,(H,18,19). The second-order valence-electron chi connectivity index (χ2n) is 4.63. The molecule has 1 amide bonds. The van der Waals surface area contributed by atoms with E-state index in [1.54, 1.807) is 18.2 Å². The Bertz CT molecular complexity index is 607. The largest absolute Gasteiger partial charge is 0.326 e. The number of halogens is 1. The highest BCUT2D eigenvalue weighted by molar-refractivity contribution is 5.93. The van der Waals surface area contributed by atoms with Crippen LogP contribution >= 0.6 is 0 Å². The van der Waals surface area contributed by atoms with Gasteiger partial charge in [-0.1, -0.05) is 30.3 Å². The van der Waals surface area contributed by atoms with E-state index in [4.69, 9.17) is 0 Å². The molecule has 0 bridgehead atoms. The first-order valence-corrected chi connectivity index (χ1v) is 6.17. The highest BCUT2D eigenvalue weighted by Crippen LogP contribution is 2.17. The Balaban J connectivity index is 2.10. The number of rotatable bonds is 3. The van der Waals surface area contributed by atoms with Gasteiger partial charge in [-0.3, -0.25) is 4.79 Å². The summed E-state index contributed by atoms with van der Waals surface area (Å²) in [4.78, 5) is 11.9. The predicted octanol–water partition coefficient (Wildman–Crippen LogP) is 3.62. The van der Waals surface area contributed by atoms with Crippen LogP contribution in [0.1, 0.15) is 16.7 Å². The van der Waals surface area contributed by atoms with Gasteiger partial charge in [0.25, 0.3) is 0 Å². The maximum Gasteiger partial charge on any atom is 0.228 e. The van der Waals surface area contributed by atoms with Crippen molar-refractivity contribution in [2.24, 2.45) is 0 Å². The SMILES string of the molecule is Cc1ccc(C)c(NC(=O)Cc2ccccc2F)c1. The number of benzene rings is 2. The van der Waals surface area contributed by atoms with Gasteiger partial charge in [0, 0.05) is 5.69 Å². The zero-order valence-electron chi connectivity index (χ0n) is 11.0. The number of carbonyl (C=O) groups excluding carboxylic acids is 1. The molecule has 2 nitrogen and oxygen atoms in total. The lowest BCUT2D eigenvalue weighted by molar-refractivity contribution is -0.115. The fraction of sp³-hybridized carbons (Fsp3) is 0.188. The van der Waals surface area contributed by atoms with Crippen molar-refractivity contribution < 1.29 is 9.18 Å². The lowest BCUT2D eigenvalue weighted by Gasteiger charge is -2.09. The minimum atomic E-state index is -0.349. The van der Waals surface area contributed by atoms with Gasteiger partial charge in [0.05, 0.1) is 6.42 Å². The molecule has 19 heavy (non-hydrogen) atoms. The summed E-state index contributed by atoms with van der Waals surface area (Å²) >= 11 is 0. The van der Waals surface area contributed by atoms with Gasteiger partial charge in [-0.15, -0.1) is 0 Å². The molecule has 2 rings (SSSR count). The van der Waals surface area contributed by atoms with Crippen LogP contribution in [0.5, 0.6) is 0 Å². The molecule has 0 aromatic heterocycles. The minimum Gasteiger partial charge on any atom is -0.326 e. The summed E-state index contributed by atoms with van der Waals surface area (Å²) in [6, 6.07) is 12.2. The van der Waals surface area contributed by atoms with E-state index in [9.17, 15) is 9.18 Å². The number of anilines is 1. The molecule has 0 radical (unpaired) electrons. The number of hydrogen-bond acceptors (Lipinski definition) is 1. The van der Waals surface area contributed by atoms with Crippen molar-refractivity contribution in [3.05, 3.63) is 65.0 Å². The number of nitrogens with one attached hydrogen (secondary N) is 1. The molecule has 0 fully saturated rings. The zero-order valence-corrected chi connectivity index (χ0v) is 11.0. The van der Waals surface area contributed by atoms with Gasteiger partial charge in [-0.2, -0.15) is 0 Å². The van der Waals surface area contributed by atoms with Gasteiger partial charge in [0.2, 0.25) is 5.91 Å². The lowest BCUT2D eigenvalue weighted by atomic mass is 10.1. The average molecular weight is 257 g/mol. The van der Waals surface area contributed by atoms with Gasteiger partial charge < -0.3 is 5.32 Å². The topological polar surface area (TPSA) is 29.1 Å². The lowest BCUT2D eigenvalue weighted by Crippen LogP contribution is -2.16. The highest BCUT2D eigenvalue weighted by Gasteiger charge is 2.09. The third-order valence-electron chi connectivity index (χ3n) is 2.98. The van der Waals surface area contributed by atoms with E-state index in [1.807, 2.05) is 32.0 Å². The first-order chi connectivity index (χ1) is 9.06. The van der Waals surface area contributed by atoms with Crippen LogP contribution in [-0.4, -0.2) is 5.91 Å². The number of aryl methyl sites for hydroxylation is 2. The van der Waals surface area contributed by atoms with E-state index in [1.165, 1.54) is 6.07 Å². The fourth-order valence-electron chi connectivity index (χ4n) is 1.88. The van der Waals surface area contributed by atoms with Crippen molar-refractivity contribution in [2.45, 2.75) is 20.3 Å². The summed E-state index contributed by atoms with van der Waals surface area (Å²) in [5, 5.41) is 2.82. The summed E-state index contributed by atoms with van der Waals surface area (Å²) in [7, 11) is 0. The molecular weight excluding hydrogens is 241 g/mol. The van der Waals surface area contributed by atoms with Gasteiger partial charge in [-0.25, -0.2) is 4.39 Å². The molecule has 3 heteroatoms. The first kappa shape index (κ1) is 13.3. The Labute approximate surface area is 112 Å². The highest BCUT2D eigenvalue weighted by atomic mass is 19.1. The molecular formula is C16H16FNO. The van der Waals surface area contributed by atoms with Gasteiger partial charge in [0.15, 0.2) is 0 Å². The van der Waals surface area contributed by atoms with Crippen LogP contribution in [0.4, 0.5) is 10.1 Å². The first-order valence-electron chi connectivity index (χ1n) is 6.17. The summed E-state index contributed by atoms with van der Waals surface area (Å²) in [6.45, 7) is 3.89. The van der Waals surface area contributed by atoms with Crippen LogP contribution in [0.3, 0.4) is 0 Å². The average Bonchev–Trinajstić information content (AvgIpc) is 2.37. The molecule has 0 atom stereocenters. The van der Waals surface area contributed by atoms with Crippen molar-refractivity contribution >= 4 is 11.6 Å². The Morgan fingerprint density at radius 3 is 2.63 bits per heavy atom. The molecule has 98 valence electrons. The van der Waals surface area contributed by atoms with Gasteiger partial charge >= 0.3 is 0 Å². The number of hydrogen-bond donors (Lipinski definition) is 1. The fourth-order valence-corrected chi connectivity index (χ4v) is 1.88. The van der Waals surface area contributed by atoms with Gasteiger partial charge in [0.1, 0.15) is 5.82 Å². The van der Waals surface area contributed by atoms with Gasteiger partial charge in [-0.05, 0) is 42.7 Å². The van der Waals surface area contributed by atoms with Crippen molar-refractivity contribution in [1.82, 2.24) is 0 Å². The maximum absolute atomic E-state index is 13.5. The second-order valence-corrected chi connectivity index (χ2v) is 4.63. The van der Waals surface area contributed by atoms with Crippen LogP contribution in [0, 0.1) is 19.7 Å². The summed E-state index contributed by atoms with van der Waals surface area (Å²) < 4.78 is 13.5. The molecule has 0 saturated heterocycles. The van der Waals surface area contributed by atoms with Crippen LogP contribution in [-0.2, 0) is 11.2 Å². The normalized spacial score (nSPS) is 10.3. The molecule has 0 unspecified atom stereocenters. The quantitative estimate of drug-likeness (QED) is 0.894. The molecule has 2 aromatic carbocycles. The van der Waals surface area contributed by atoms with Crippen LogP contribution < -0.4 is 5.32 Å². The summed E-state index contributed by atoms with van der Waals surface area (Å²) in [5.41, 5.74) is 3.26. The van der Waals surface area contributed by atoms with Crippen molar-refractivity contribution in [3.8, 4) is 0 Å². The van der Waals surface area contributed by atoms with E-state index >= 15 is 0 Å². The van der Waals surface area contributed by atoms with E-state index in [0.29, 0.717) is 5.56 Å². The Hall–Kier alpha value is -2.16. The maximum atomic E-state index is 13.5. The molecule has 0 saturated carbocycles. The van der Waals surface area contributed by atoms with E-state index in [-0.39, 0.29) is 18.1 Å². The second kappa shape index (κ2) is 5.65. The summed E-state index contributed by atoms with van der Waals surface area (Å²) in [6.07, 6.45) is 0.0417. The van der Waals surface area contributed by atoms with E-state index in [0.717, 1.165) is 16.8 Å². The van der Waals surface area contributed by atoms with Crippen LogP contribution in [0.15, 0.2) is 42.5 Å². The van der Waals surface area contributed by atoms with E-state index in [2.05, 4.69) is 5.32 Å². The Morgan fingerprint density at radius 2 is 1.89 bits per heavy atom. The number of carbonyl (C=O) groups is 1. The third kappa shape index (κ3) is 3.41. The predicted molar refractivity (Wildman–Crippen MR) is 74.6 cm³/mol. The molecule has 0 spiro atoms. The van der Waals surface area contributed by atoms with Crippen LogP contribution in [0.25, 0.3) is 0 Å². The molecule has 1 N–H and O–H groups in total. The molecule has 0 heterocycles. The third-order valence-corrected chi connectivity index (χ3v) is 2.98. The monoisotopic (exact) mass is 257 g/mol. The number of amides is 1. The van der Waals surface area contributed by atoms with Crippen molar-refractivity contribution in [1.29, 1.82) is 0 Å². The van der Waals surface area contributed by atoms with Crippen molar-refractivity contribution in [2.75, 3.05) is 5.32 Å². The smallest absolute Gasteiger partial charge is 0.228 e. The zero-order chi connectivity index (χ0) is 13.8. The summed E-state index contributed by atoms with van der Waals surface area (Å²) in [5.74, 6) is -0.558.